The van der Waals surface area contributed by atoms with Gasteiger partial charge in [0.05, 0.1) is 0 Å². The lowest BCUT2D eigenvalue weighted by Gasteiger charge is -2.23. The van der Waals surface area contributed by atoms with Crippen molar-refractivity contribution in [2.45, 2.75) is 58.2 Å². The van der Waals surface area contributed by atoms with E-state index in [9.17, 15) is 58.5 Å². The van der Waals surface area contributed by atoms with Gasteiger partial charge in [0.15, 0.2) is 17.2 Å². The number of amides is 6. The van der Waals surface area contributed by atoms with Crippen molar-refractivity contribution in [2.24, 2.45) is 0 Å². The van der Waals surface area contributed by atoms with Crippen LogP contribution in [0.5, 0.6) is 17.2 Å². The number of rotatable bonds is 27. The topological polar surface area (TPSA) is 305 Å². The summed E-state index contributed by atoms with van der Waals surface area (Å²) in [4.78, 5) is 112. The second-order valence-electron chi connectivity index (χ2n) is 13.7. The molecule has 3 aromatic heterocycles. The van der Waals surface area contributed by atoms with Crippen LogP contribution in [0.1, 0.15) is 38.5 Å². The van der Waals surface area contributed by atoms with Gasteiger partial charge in [-0.05, 0) is 55.7 Å². The molecule has 22 heteroatoms. The predicted molar refractivity (Wildman–Crippen MR) is 219 cm³/mol. The van der Waals surface area contributed by atoms with E-state index in [1.165, 1.54) is 55.0 Å². The molecule has 61 heavy (non-hydrogen) atoms. The van der Waals surface area contributed by atoms with Crippen molar-refractivity contribution in [3.63, 3.8) is 0 Å². The Morgan fingerprint density at radius 3 is 0.967 bits per heavy atom. The van der Waals surface area contributed by atoms with E-state index in [2.05, 4.69) is 31.9 Å². The van der Waals surface area contributed by atoms with Gasteiger partial charge in [-0.25, -0.2) is 0 Å². The monoisotopic (exact) mass is 854 g/mol. The molecule has 0 aliphatic rings. The van der Waals surface area contributed by atoms with Gasteiger partial charge in [0.1, 0.15) is 19.6 Å². The Hall–Kier alpha value is -6.97. The van der Waals surface area contributed by atoms with Crippen LogP contribution in [0.25, 0.3) is 0 Å². The van der Waals surface area contributed by atoms with E-state index in [4.69, 9.17) is 0 Å². The van der Waals surface area contributed by atoms with Crippen LogP contribution in [0.15, 0.2) is 69.4 Å². The lowest BCUT2D eigenvalue weighted by molar-refractivity contribution is -0.123. The SMILES string of the molecule is O=C(CCCNC(=O)Cn1cccc(O)c1=O)NCCN(CCNC(=O)CCCNC(=O)Cn1cccc(O)c1=O)CCNC(=O)CCCNC(=O)Cn1cccc(O)c1=O. The van der Waals surface area contributed by atoms with Crippen molar-refractivity contribution in [1.82, 2.24) is 50.5 Å². The summed E-state index contributed by atoms with van der Waals surface area (Å²) in [5.41, 5.74) is -2.08. The van der Waals surface area contributed by atoms with E-state index in [-0.39, 0.29) is 95.9 Å². The first kappa shape index (κ1) is 48.4. The maximum Gasteiger partial charge on any atom is 0.293 e. The van der Waals surface area contributed by atoms with Crippen LogP contribution in [-0.2, 0) is 48.4 Å². The maximum absolute atomic E-state index is 12.5. The van der Waals surface area contributed by atoms with Gasteiger partial charge in [-0.15, -0.1) is 0 Å². The molecular weight excluding hydrogens is 800 g/mol. The maximum atomic E-state index is 12.5. The summed E-state index contributed by atoms with van der Waals surface area (Å²) in [6.07, 6.45) is 5.45. The highest BCUT2D eigenvalue weighted by Crippen LogP contribution is 2.00. The number of hydrogen-bond donors (Lipinski definition) is 9. The lowest BCUT2D eigenvalue weighted by atomic mass is 10.3. The predicted octanol–water partition coefficient (Wildman–Crippen LogP) is -2.97. The summed E-state index contributed by atoms with van der Waals surface area (Å²) in [7, 11) is 0. The average molecular weight is 855 g/mol. The first-order valence-corrected chi connectivity index (χ1v) is 19.7. The van der Waals surface area contributed by atoms with Crippen LogP contribution in [-0.4, -0.2) is 128 Å². The van der Waals surface area contributed by atoms with Crippen LogP contribution in [0, 0.1) is 0 Å². The first-order chi connectivity index (χ1) is 29.2. The molecule has 9 N–H and O–H groups in total. The Labute approximate surface area is 349 Å². The van der Waals surface area contributed by atoms with E-state index in [0.29, 0.717) is 38.9 Å². The van der Waals surface area contributed by atoms with Gasteiger partial charge >= 0.3 is 0 Å². The summed E-state index contributed by atoms with van der Waals surface area (Å²) in [5, 5.41) is 44.9. The second kappa shape index (κ2) is 26.2. The van der Waals surface area contributed by atoms with Crippen molar-refractivity contribution < 1.29 is 44.1 Å². The average Bonchev–Trinajstić information content (AvgIpc) is 3.22. The molecule has 0 saturated heterocycles. The molecule has 0 radical (unpaired) electrons. The zero-order valence-corrected chi connectivity index (χ0v) is 33.7. The van der Waals surface area contributed by atoms with Crippen molar-refractivity contribution >= 4 is 35.4 Å². The van der Waals surface area contributed by atoms with Crippen LogP contribution in [0.3, 0.4) is 0 Å². The van der Waals surface area contributed by atoms with Crippen molar-refractivity contribution in [2.75, 3.05) is 58.9 Å². The minimum atomic E-state index is -0.694. The molecule has 3 heterocycles. The fourth-order valence-corrected chi connectivity index (χ4v) is 5.67. The van der Waals surface area contributed by atoms with E-state index in [1.54, 1.807) is 0 Å². The van der Waals surface area contributed by atoms with Crippen molar-refractivity contribution in [3.05, 3.63) is 86.1 Å². The molecule has 0 aromatic carbocycles. The van der Waals surface area contributed by atoms with Crippen LogP contribution < -0.4 is 48.6 Å². The highest BCUT2D eigenvalue weighted by Gasteiger charge is 2.12. The number of pyridine rings is 3. The van der Waals surface area contributed by atoms with Gasteiger partial charge in [0.2, 0.25) is 35.4 Å². The molecule has 0 aliphatic carbocycles. The summed E-state index contributed by atoms with van der Waals surface area (Å²) in [6.45, 7) is 1.55. The quantitative estimate of drug-likeness (QED) is 0.0347. The molecule has 0 bridgehead atoms. The third kappa shape index (κ3) is 18.7. The molecule has 3 aromatic rings. The van der Waals surface area contributed by atoms with Crippen LogP contribution >= 0.6 is 0 Å². The first-order valence-electron chi connectivity index (χ1n) is 19.7. The third-order valence-corrected chi connectivity index (χ3v) is 8.90. The van der Waals surface area contributed by atoms with Gasteiger partial charge in [0, 0.05) is 96.8 Å². The summed E-state index contributed by atoms with van der Waals surface area (Å²) >= 11 is 0. The molecule has 0 fully saturated rings. The van der Waals surface area contributed by atoms with E-state index >= 15 is 0 Å². The van der Waals surface area contributed by atoms with Crippen LogP contribution in [0.4, 0.5) is 0 Å². The standard InChI is InChI=1S/C39H54N10O12/c50-28-7-4-19-47(37(28)59)25-34(56)40-13-1-10-31(53)43-16-22-46(23-17-44-32(54)11-2-14-41-35(57)26-48-20-5-8-29(51)38(48)60)24-18-45-33(55)12-3-15-42-36(58)27-49-21-6-9-30(52)39(49)61/h4-9,19-21,50-52H,1-3,10-18,22-27H2,(H,40,56)(H,41,57)(H,42,58)(H,43,53)(H,44,54)(H,45,55). The number of carbonyl (C=O) groups is 6. The Bertz CT molecular complexity index is 1900. The molecular formula is C39H54N10O12. The highest BCUT2D eigenvalue weighted by atomic mass is 16.3. The van der Waals surface area contributed by atoms with Gasteiger partial charge in [-0.2, -0.15) is 0 Å². The second-order valence-corrected chi connectivity index (χ2v) is 13.7. The number of hydrogen-bond acceptors (Lipinski definition) is 13. The van der Waals surface area contributed by atoms with Crippen molar-refractivity contribution in [1.29, 1.82) is 0 Å². The molecule has 3 rings (SSSR count). The third-order valence-electron chi connectivity index (χ3n) is 8.90. The number of aromatic hydroxyl groups is 3. The Kier molecular flexibility index (Phi) is 20.8. The van der Waals surface area contributed by atoms with Gasteiger partial charge < -0.3 is 60.9 Å². The minimum Gasteiger partial charge on any atom is -0.503 e. The molecule has 332 valence electrons. The largest absolute Gasteiger partial charge is 0.503 e. The Morgan fingerprint density at radius 2 is 0.689 bits per heavy atom. The number of carbonyl (C=O) groups excluding carboxylic acids is 6. The molecule has 0 spiro atoms. The van der Waals surface area contributed by atoms with Gasteiger partial charge in [-0.1, -0.05) is 0 Å². The molecule has 0 unspecified atom stereocenters. The fraction of sp³-hybridized carbons (Fsp3) is 0.462. The summed E-state index contributed by atoms with van der Waals surface area (Å²) < 4.78 is 3.19. The number of nitrogens with zero attached hydrogens (tertiary/aromatic N) is 4. The summed E-state index contributed by atoms with van der Waals surface area (Å²) in [6, 6.07) is 7.97. The molecule has 0 aliphatic heterocycles. The fourth-order valence-electron chi connectivity index (χ4n) is 5.67. The minimum absolute atomic E-state index is 0.113. The van der Waals surface area contributed by atoms with Crippen molar-refractivity contribution in [3.8, 4) is 17.2 Å². The van der Waals surface area contributed by atoms with E-state index < -0.39 is 51.6 Å². The highest BCUT2D eigenvalue weighted by molar-refractivity contribution is 5.78. The number of aromatic nitrogens is 3. The lowest BCUT2D eigenvalue weighted by Crippen LogP contribution is -2.43. The zero-order valence-electron chi connectivity index (χ0n) is 33.7. The van der Waals surface area contributed by atoms with E-state index in [1.807, 2.05) is 4.90 Å². The summed E-state index contributed by atoms with van der Waals surface area (Å²) in [5.74, 6) is -3.57. The molecule has 22 nitrogen and oxygen atoms in total. The van der Waals surface area contributed by atoms with Crippen LogP contribution in [0.2, 0.25) is 0 Å². The van der Waals surface area contributed by atoms with Gasteiger partial charge in [0.25, 0.3) is 16.7 Å². The van der Waals surface area contributed by atoms with Gasteiger partial charge in [-0.3, -0.25) is 48.1 Å². The Balaban J connectivity index is 1.36. The zero-order chi connectivity index (χ0) is 44.6. The normalized spacial score (nSPS) is 10.8. The molecule has 0 saturated carbocycles. The molecule has 0 atom stereocenters. The smallest absolute Gasteiger partial charge is 0.293 e. The van der Waals surface area contributed by atoms with E-state index in [0.717, 1.165) is 13.7 Å². The molecule has 6 amide bonds. The Morgan fingerprint density at radius 1 is 0.426 bits per heavy atom. The number of nitrogens with one attached hydrogen (secondary N) is 6.